The van der Waals surface area contributed by atoms with Gasteiger partial charge in [-0.15, -0.1) is 21.5 Å². The van der Waals surface area contributed by atoms with E-state index in [1.165, 1.54) is 0 Å². The lowest BCUT2D eigenvalue weighted by atomic mass is 9.94. The number of hydrogen-bond acceptors (Lipinski definition) is 7. The number of ether oxygens (including phenoxy) is 1. The van der Waals surface area contributed by atoms with E-state index in [4.69, 9.17) is 4.74 Å². The van der Waals surface area contributed by atoms with Gasteiger partial charge >= 0.3 is 6.09 Å². The molecule has 0 saturated carbocycles. The van der Waals surface area contributed by atoms with Crippen LogP contribution in [0.25, 0.3) is 10.6 Å². The van der Waals surface area contributed by atoms with Crippen LogP contribution < -0.4 is 10.2 Å². The Labute approximate surface area is 186 Å². The summed E-state index contributed by atoms with van der Waals surface area (Å²) in [6.07, 6.45) is 2.90. The van der Waals surface area contributed by atoms with Crippen LogP contribution in [0.4, 0.5) is 10.6 Å². The molecule has 1 N–H and O–H groups in total. The molecule has 31 heavy (non-hydrogen) atoms. The number of carbonyl (C=O) groups is 2. The van der Waals surface area contributed by atoms with E-state index in [0.717, 1.165) is 55.2 Å². The molecule has 0 aliphatic carbocycles. The van der Waals surface area contributed by atoms with E-state index in [1.807, 2.05) is 36.6 Å². The first kappa shape index (κ1) is 21.5. The molecule has 4 rings (SSSR count). The van der Waals surface area contributed by atoms with Crippen LogP contribution in [-0.2, 0) is 9.53 Å². The molecule has 2 amide bonds. The number of nitrogens with one attached hydrogen (secondary N) is 1. The molecule has 4 heterocycles. The molecule has 8 nitrogen and oxygen atoms in total. The Kier molecular flexibility index (Phi) is 7.01. The summed E-state index contributed by atoms with van der Waals surface area (Å²) in [5.74, 6) is 1.02. The second-order valence-electron chi connectivity index (χ2n) is 7.98. The van der Waals surface area contributed by atoms with Gasteiger partial charge in [-0.2, -0.15) is 0 Å². The molecule has 166 valence electrons. The zero-order valence-corrected chi connectivity index (χ0v) is 18.6. The Morgan fingerprint density at radius 3 is 2.48 bits per heavy atom. The molecule has 0 atom stereocenters. The number of piperidine rings is 2. The van der Waals surface area contributed by atoms with Crippen LogP contribution >= 0.6 is 11.3 Å². The summed E-state index contributed by atoms with van der Waals surface area (Å²) in [6.45, 7) is 5.05. The van der Waals surface area contributed by atoms with Crippen molar-refractivity contribution in [3.8, 4) is 10.6 Å². The lowest BCUT2D eigenvalue weighted by Gasteiger charge is -2.35. The number of likely N-dealkylation sites (tertiary alicyclic amines) is 1. The van der Waals surface area contributed by atoms with Gasteiger partial charge in [0.05, 0.1) is 11.5 Å². The van der Waals surface area contributed by atoms with E-state index in [-0.39, 0.29) is 24.0 Å². The maximum atomic E-state index is 12.7. The lowest BCUT2D eigenvalue weighted by Crippen LogP contribution is -2.49. The topological polar surface area (TPSA) is 87.7 Å². The Morgan fingerprint density at radius 2 is 1.87 bits per heavy atom. The number of thiophene rings is 1. The zero-order chi connectivity index (χ0) is 21.6. The van der Waals surface area contributed by atoms with Crippen molar-refractivity contribution >= 4 is 29.2 Å². The summed E-state index contributed by atoms with van der Waals surface area (Å²) in [4.78, 5) is 29.6. The normalized spacial score (nSPS) is 18.1. The Bertz CT molecular complexity index is 858. The molecule has 2 fully saturated rings. The number of aromatic nitrogens is 2. The summed E-state index contributed by atoms with van der Waals surface area (Å²) in [5.41, 5.74) is 0.891. The van der Waals surface area contributed by atoms with Gasteiger partial charge in [0.15, 0.2) is 5.82 Å². The van der Waals surface area contributed by atoms with E-state index in [0.29, 0.717) is 19.7 Å². The van der Waals surface area contributed by atoms with E-state index >= 15 is 0 Å². The third-order valence-electron chi connectivity index (χ3n) is 5.98. The third-order valence-corrected chi connectivity index (χ3v) is 6.87. The van der Waals surface area contributed by atoms with Crippen LogP contribution in [-0.4, -0.2) is 65.9 Å². The smallest absolute Gasteiger partial charge is 0.409 e. The molecule has 2 aliphatic rings. The van der Waals surface area contributed by atoms with Gasteiger partial charge in [0.2, 0.25) is 5.91 Å². The van der Waals surface area contributed by atoms with Crippen LogP contribution in [0, 0.1) is 5.92 Å². The second-order valence-corrected chi connectivity index (χ2v) is 8.93. The van der Waals surface area contributed by atoms with E-state index in [1.54, 1.807) is 16.2 Å². The highest BCUT2D eigenvalue weighted by Crippen LogP contribution is 2.26. The number of nitrogens with zero attached hydrogens (tertiary/aromatic N) is 4. The number of amides is 2. The van der Waals surface area contributed by atoms with Gasteiger partial charge in [-0.1, -0.05) is 6.07 Å². The average Bonchev–Trinajstić information content (AvgIpc) is 3.35. The Balaban J connectivity index is 1.22. The SMILES string of the molecule is CCOC(=O)N1CCC(NC(=O)C2CCN(c3ccc(-c4cccs4)nn3)CC2)CC1. The van der Waals surface area contributed by atoms with Gasteiger partial charge in [-0.3, -0.25) is 4.79 Å². The molecule has 0 aromatic carbocycles. The average molecular weight is 444 g/mol. The molecule has 2 aromatic rings. The van der Waals surface area contributed by atoms with E-state index in [9.17, 15) is 9.59 Å². The van der Waals surface area contributed by atoms with Crippen molar-refractivity contribution in [3.05, 3.63) is 29.6 Å². The highest BCUT2D eigenvalue weighted by atomic mass is 32.1. The summed E-state index contributed by atoms with van der Waals surface area (Å²) < 4.78 is 5.05. The van der Waals surface area contributed by atoms with Crippen molar-refractivity contribution in [2.75, 3.05) is 37.7 Å². The first-order chi connectivity index (χ1) is 15.1. The molecule has 2 aromatic heterocycles. The molecule has 2 aliphatic heterocycles. The van der Waals surface area contributed by atoms with E-state index in [2.05, 4.69) is 20.4 Å². The number of anilines is 1. The third kappa shape index (κ3) is 5.33. The summed E-state index contributed by atoms with van der Waals surface area (Å²) in [6, 6.07) is 8.20. The van der Waals surface area contributed by atoms with Crippen molar-refractivity contribution in [3.63, 3.8) is 0 Å². The van der Waals surface area contributed by atoms with Crippen LogP contribution in [0.1, 0.15) is 32.6 Å². The fourth-order valence-corrected chi connectivity index (χ4v) is 4.85. The maximum absolute atomic E-state index is 12.7. The van der Waals surface area contributed by atoms with Crippen molar-refractivity contribution in [2.45, 2.75) is 38.6 Å². The Hall–Kier alpha value is -2.68. The van der Waals surface area contributed by atoms with Crippen LogP contribution in [0.3, 0.4) is 0 Å². The van der Waals surface area contributed by atoms with Crippen LogP contribution in [0.2, 0.25) is 0 Å². The van der Waals surface area contributed by atoms with Crippen molar-refractivity contribution < 1.29 is 14.3 Å². The van der Waals surface area contributed by atoms with Crippen molar-refractivity contribution in [2.24, 2.45) is 5.92 Å². The first-order valence-electron chi connectivity index (χ1n) is 11.0. The Morgan fingerprint density at radius 1 is 1.10 bits per heavy atom. The van der Waals surface area contributed by atoms with Crippen LogP contribution in [0.5, 0.6) is 0 Å². The van der Waals surface area contributed by atoms with Gasteiger partial charge in [-0.25, -0.2) is 4.79 Å². The highest BCUT2D eigenvalue weighted by Gasteiger charge is 2.29. The largest absolute Gasteiger partial charge is 0.450 e. The fraction of sp³-hybridized carbons (Fsp3) is 0.545. The quantitative estimate of drug-likeness (QED) is 0.764. The summed E-state index contributed by atoms with van der Waals surface area (Å²) in [5, 5.41) is 14.0. The minimum absolute atomic E-state index is 0.0256. The minimum Gasteiger partial charge on any atom is -0.450 e. The zero-order valence-electron chi connectivity index (χ0n) is 17.8. The maximum Gasteiger partial charge on any atom is 0.409 e. The first-order valence-corrected chi connectivity index (χ1v) is 11.9. The van der Waals surface area contributed by atoms with Gasteiger partial charge in [0, 0.05) is 38.1 Å². The van der Waals surface area contributed by atoms with Gasteiger partial charge in [-0.05, 0) is 56.2 Å². The van der Waals surface area contributed by atoms with Crippen molar-refractivity contribution in [1.82, 2.24) is 20.4 Å². The summed E-state index contributed by atoms with van der Waals surface area (Å²) >= 11 is 1.65. The van der Waals surface area contributed by atoms with Gasteiger partial charge < -0.3 is 19.9 Å². The highest BCUT2D eigenvalue weighted by molar-refractivity contribution is 7.13. The minimum atomic E-state index is -0.258. The van der Waals surface area contributed by atoms with Gasteiger partial charge in [0.25, 0.3) is 0 Å². The van der Waals surface area contributed by atoms with Crippen molar-refractivity contribution in [1.29, 1.82) is 0 Å². The number of carbonyl (C=O) groups excluding carboxylic acids is 2. The fourth-order valence-electron chi connectivity index (χ4n) is 4.16. The van der Waals surface area contributed by atoms with E-state index < -0.39 is 0 Å². The predicted octanol–water partition coefficient (Wildman–Crippen LogP) is 3.16. The monoisotopic (exact) mass is 443 g/mol. The molecular formula is C22H29N5O3S. The van der Waals surface area contributed by atoms with Gasteiger partial charge in [0.1, 0.15) is 5.69 Å². The molecule has 0 spiro atoms. The van der Waals surface area contributed by atoms with Crippen LogP contribution in [0.15, 0.2) is 29.6 Å². The molecule has 0 radical (unpaired) electrons. The standard InChI is InChI=1S/C22H29N5O3S/c1-2-30-22(29)27-13-9-17(10-14-27)23-21(28)16-7-11-26(12-8-16)20-6-5-18(24-25-20)19-4-3-15-31-19/h3-6,15-17H,2,7-14H2,1H3,(H,23,28). The second kappa shape index (κ2) is 10.1. The lowest BCUT2D eigenvalue weighted by molar-refractivity contribution is -0.126. The number of rotatable bonds is 5. The molecular weight excluding hydrogens is 414 g/mol. The summed E-state index contributed by atoms with van der Waals surface area (Å²) in [7, 11) is 0. The molecule has 9 heteroatoms. The number of hydrogen-bond donors (Lipinski definition) is 1. The molecule has 2 saturated heterocycles. The predicted molar refractivity (Wildman–Crippen MR) is 120 cm³/mol. The molecule has 0 unspecified atom stereocenters. The molecule has 0 bridgehead atoms.